The quantitative estimate of drug-likeness (QED) is 0.575. The van der Waals surface area contributed by atoms with Crippen LogP contribution in [-0.2, 0) is 0 Å². The number of nitrogens with one attached hydrogen (secondary N) is 1. The second kappa shape index (κ2) is 3.68. The van der Waals surface area contributed by atoms with Gasteiger partial charge in [0, 0.05) is 11.1 Å². The van der Waals surface area contributed by atoms with Crippen molar-refractivity contribution in [2.45, 2.75) is 13.8 Å². The van der Waals surface area contributed by atoms with Crippen molar-refractivity contribution < 1.29 is 0 Å². The number of benzene rings is 1. The molecular weight excluding hydrogens is 210 g/mol. The van der Waals surface area contributed by atoms with Gasteiger partial charge < -0.3 is 5.43 Å². The summed E-state index contributed by atoms with van der Waals surface area (Å²) in [6.07, 6.45) is 0. The highest BCUT2D eigenvalue weighted by molar-refractivity contribution is 6.36. The molecular formula is C11H12ClN3. The molecule has 0 saturated carbocycles. The highest BCUT2D eigenvalue weighted by atomic mass is 35.5. The smallest absolute Gasteiger partial charge is 0.0770 e. The summed E-state index contributed by atoms with van der Waals surface area (Å²) < 4.78 is 0. The minimum atomic E-state index is 0.663. The Hall–Kier alpha value is -1.32. The molecule has 3 nitrogen and oxygen atoms in total. The van der Waals surface area contributed by atoms with Gasteiger partial charge in [-0.1, -0.05) is 17.7 Å². The van der Waals surface area contributed by atoms with Crippen LogP contribution in [0.4, 0.5) is 5.69 Å². The zero-order valence-corrected chi connectivity index (χ0v) is 9.39. The van der Waals surface area contributed by atoms with Gasteiger partial charge in [-0.15, -0.1) is 0 Å². The number of hydrogen-bond donors (Lipinski definition) is 2. The topological polar surface area (TPSA) is 50.9 Å². The van der Waals surface area contributed by atoms with Gasteiger partial charge in [-0.3, -0.25) is 10.8 Å². The Morgan fingerprint density at radius 3 is 2.73 bits per heavy atom. The average molecular weight is 222 g/mol. The highest BCUT2D eigenvalue weighted by Gasteiger charge is 2.08. The number of rotatable bonds is 1. The minimum absolute atomic E-state index is 0.663. The third-order valence-corrected chi connectivity index (χ3v) is 2.71. The number of pyridine rings is 1. The summed E-state index contributed by atoms with van der Waals surface area (Å²) in [6.45, 7) is 3.94. The van der Waals surface area contributed by atoms with Gasteiger partial charge in [0.25, 0.3) is 0 Å². The van der Waals surface area contributed by atoms with Crippen molar-refractivity contribution in [1.29, 1.82) is 0 Å². The zero-order valence-electron chi connectivity index (χ0n) is 8.63. The fourth-order valence-corrected chi connectivity index (χ4v) is 1.93. The molecule has 0 unspecified atom stereocenters. The number of aryl methyl sites for hydroxylation is 2. The molecule has 0 atom stereocenters. The van der Waals surface area contributed by atoms with E-state index in [4.69, 9.17) is 17.4 Å². The molecule has 78 valence electrons. The maximum Gasteiger partial charge on any atom is 0.0770 e. The van der Waals surface area contributed by atoms with Crippen LogP contribution in [-0.4, -0.2) is 4.98 Å². The first-order valence-electron chi connectivity index (χ1n) is 4.66. The van der Waals surface area contributed by atoms with Gasteiger partial charge in [-0.05, 0) is 31.5 Å². The van der Waals surface area contributed by atoms with E-state index in [0.29, 0.717) is 5.02 Å². The maximum atomic E-state index is 6.13. The molecule has 0 saturated heterocycles. The van der Waals surface area contributed by atoms with Crippen LogP contribution in [0.3, 0.4) is 0 Å². The van der Waals surface area contributed by atoms with Gasteiger partial charge in [-0.25, -0.2) is 0 Å². The van der Waals surface area contributed by atoms with E-state index in [1.165, 1.54) is 0 Å². The number of halogens is 1. The Morgan fingerprint density at radius 1 is 1.33 bits per heavy atom. The molecule has 0 amide bonds. The van der Waals surface area contributed by atoms with Crippen LogP contribution in [0, 0.1) is 13.8 Å². The molecule has 0 aliphatic heterocycles. The lowest BCUT2D eigenvalue weighted by Gasteiger charge is -2.10. The Bertz CT molecular complexity index is 523. The molecule has 0 spiro atoms. The fourth-order valence-electron chi connectivity index (χ4n) is 1.67. The largest absolute Gasteiger partial charge is 0.323 e. The van der Waals surface area contributed by atoms with Gasteiger partial charge in [0.15, 0.2) is 0 Å². The minimum Gasteiger partial charge on any atom is -0.323 e. The van der Waals surface area contributed by atoms with E-state index in [1.54, 1.807) is 0 Å². The molecule has 1 aromatic carbocycles. The predicted molar refractivity (Wildman–Crippen MR) is 64.0 cm³/mol. The van der Waals surface area contributed by atoms with Crippen molar-refractivity contribution in [3.8, 4) is 0 Å². The van der Waals surface area contributed by atoms with Gasteiger partial charge >= 0.3 is 0 Å². The fraction of sp³-hybridized carbons (Fsp3) is 0.182. The van der Waals surface area contributed by atoms with Gasteiger partial charge in [0.2, 0.25) is 0 Å². The first kappa shape index (κ1) is 10.2. The second-order valence-electron chi connectivity index (χ2n) is 3.54. The summed E-state index contributed by atoms with van der Waals surface area (Å²) >= 11 is 6.13. The van der Waals surface area contributed by atoms with Crippen molar-refractivity contribution in [3.05, 3.63) is 34.5 Å². The molecule has 1 aromatic heterocycles. The maximum absolute atomic E-state index is 6.13. The molecule has 3 N–H and O–H groups in total. The van der Waals surface area contributed by atoms with Crippen molar-refractivity contribution in [1.82, 2.24) is 4.98 Å². The molecule has 0 fully saturated rings. The molecule has 0 radical (unpaired) electrons. The van der Waals surface area contributed by atoms with Crippen LogP contribution >= 0.6 is 11.6 Å². The molecule has 1 heterocycles. The monoisotopic (exact) mass is 221 g/mol. The van der Waals surface area contributed by atoms with Crippen molar-refractivity contribution in [3.63, 3.8) is 0 Å². The first-order valence-corrected chi connectivity index (χ1v) is 5.04. The van der Waals surface area contributed by atoms with Gasteiger partial charge in [0.05, 0.1) is 16.2 Å². The first-order chi connectivity index (χ1) is 7.13. The SMILES string of the molecule is Cc1cc(NN)c2c(Cl)ccc(C)c2n1. The molecule has 4 heteroatoms. The Balaban J connectivity index is 2.95. The van der Waals surface area contributed by atoms with Gasteiger partial charge in [0.1, 0.15) is 0 Å². The van der Waals surface area contributed by atoms with Crippen LogP contribution < -0.4 is 11.3 Å². The van der Waals surface area contributed by atoms with E-state index >= 15 is 0 Å². The van der Waals surface area contributed by atoms with E-state index in [2.05, 4.69) is 10.4 Å². The van der Waals surface area contributed by atoms with Crippen LogP contribution in [0.2, 0.25) is 5.02 Å². The molecule has 2 rings (SSSR count). The number of fused-ring (bicyclic) bond motifs is 1. The number of nitrogens with zero attached hydrogens (tertiary/aromatic N) is 1. The van der Waals surface area contributed by atoms with Crippen molar-refractivity contribution in [2.75, 3.05) is 5.43 Å². The van der Waals surface area contributed by atoms with Crippen LogP contribution in [0.15, 0.2) is 18.2 Å². The number of hydrazine groups is 1. The van der Waals surface area contributed by atoms with E-state index in [-0.39, 0.29) is 0 Å². The zero-order chi connectivity index (χ0) is 11.0. The van der Waals surface area contributed by atoms with E-state index in [9.17, 15) is 0 Å². The lowest BCUT2D eigenvalue weighted by molar-refractivity contribution is 1.23. The van der Waals surface area contributed by atoms with Crippen LogP contribution in [0.5, 0.6) is 0 Å². The number of anilines is 1. The summed E-state index contributed by atoms with van der Waals surface area (Å²) in [5.74, 6) is 5.47. The van der Waals surface area contributed by atoms with Gasteiger partial charge in [-0.2, -0.15) is 0 Å². The van der Waals surface area contributed by atoms with Crippen LogP contribution in [0.1, 0.15) is 11.3 Å². The second-order valence-corrected chi connectivity index (χ2v) is 3.95. The summed E-state index contributed by atoms with van der Waals surface area (Å²) in [5.41, 5.74) is 6.37. The lowest BCUT2D eigenvalue weighted by atomic mass is 10.1. The van der Waals surface area contributed by atoms with Crippen LogP contribution in [0.25, 0.3) is 10.9 Å². The Labute approximate surface area is 93.2 Å². The van der Waals surface area contributed by atoms with E-state index in [0.717, 1.165) is 27.8 Å². The summed E-state index contributed by atoms with van der Waals surface area (Å²) in [5, 5.41) is 1.54. The summed E-state index contributed by atoms with van der Waals surface area (Å²) in [6, 6.07) is 5.70. The number of aromatic nitrogens is 1. The Morgan fingerprint density at radius 2 is 2.07 bits per heavy atom. The molecule has 2 aromatic rings. The van der Waals surface area contributed by atoms with E-state index < -0.39 is 0 Å². The highest BCUT2D eigenvalue weighted by Crippen LogP contribution is 2.31. The third-order valence-electron chi connectivity index (χ3n) is 2.40. The molecule has 15 heavy (non-hydrogen) atoms. The van der Waals surface area contributed by atoms with Crippen molar-refractivity contribution >= 4 is 28.2 Å². The standard InChI is InChI=1S/C11H12ClN3/c1-6-3-4-8(12)10-9(15-13)5-7(2)14-11(6)10/h3-5H,13H2,1-2H3,(H,14,15). The predicted octanol–water partition coefficient (Wildman–Crippen LogP) is 2.79. The third kappa shape index (κ3) is 1.64. The number of nitrogens with two attached hydrogens (primary N) is 1. The summed E-state index contributed by atoms with van der Waals surface area (Å²) in [7, 11) is 0. The Kier molecular flexibility index (Phi) is 2.50. The van der Waals surface area contributed by atoms with Crippen molar-refractivity contribution in [2.24, 2.45) is 5.84 Å². The van der Waals surface area contributed by atoms with E-state index in [1.807, 2.05) is 32.0 Å². The number of hydrogen-bond acceptors (Lipinski definition) is 3. The molecule has 0 aliphatic rings. The lowest BCUT2D eigenvalue weighted by Crippen LogP contribution is -2.08. The molecule has 0 aliphatic carbocycles. The molecule has 0 bridgehead atoms. The normalized spacial score (nSPS) is 10.7. The summed E-state index contributed by atoms with van der Waals surface area (Å²) in [4.78, 5) is 4.46. The average Bonchev–Trinajstić information content (AvgIpc) is 2.22. The number of nitrogen functional groups attached to an aromatic ring is 1.